The highest BCUT2D eigenvalue weighted by molar-refractivity contribution is 5.95. The lowest BCUT2D eigenvalue weighted by Crippen LogP contribution is -2.22. The summed E-state index contributed by atoms with van der Waals surface area (Å²) in [5, 5.41) is 36.9. The molecule has 1 aromatic carbocycles. The molecule has 6 nitrogen and oxygen atoms in total. The van der Waals surface area contributed by atoms with Gasteiger partial charge in [-0.2, -0.15) is 0 Å². The quantitative estimate of drug-likeness (QED) is 0.574. The first-order valence-corrected chi connectivity index (χ1v) is 5.36. The van der Waals surface area contributed by atoms with Crippen LogP contribution in [0.2, 0.25) is 0 Å². The molecule has 0 radical (unpaired) electrons. The highest BCUT2D eigenvalue weighted by Crippen LogP contribution is 2.32. The Balaban J connectivity index is 2.96. The van der Waals surface area contributed by atoms with Crippen LogP contribution in [0.25, 0.3) is 0 Å². The van der Waals surface area contributed by atoms with Crippen molar-refractivity contribution in [3.05, 3.63) is 22.8 Å². The third-order valence-corrected chi connectivity index (χ3v) is 2.55. The lowest BCUT2D eigenvalue weighted by Gasteiger charge is -2.13. The molecule has 18 heavy (non-hydrogen) atoms. The van der Waals surface area contributed by atoms with Crippen LogP contribution >= 0.6 is 0 Å². The van der Waals surface area contributed by atoms with E-state index < -0.39 is 18.7 Å². The van der Waals surface area contributed by atoms with Crippen molar-refractivity contribution in [1.82, 2.24) is 0 Å². The molecule has 0 fully saturated rings. The molecule has 6 heteroatoms. The molecular weight excluding hydrogens is 240 g/mol. The van der Waals surface area contributed by atoms with Gasteiger partial charge in [-0.25, -0.2) is 4.79 Å². The number of ether oxygens (including phenoxy) is 1. The normalized spacial score (nSPS) is 12.2. The van der Waals surface area contributed by atoms with Gasteiger partial charge in [-0.3, -0.25) is 0 Å². The smallest absolute Gasteiger partial charge is 0.342 e. The number of aliphatic hydroxyl groups is 2. The molecule has 0 aliphatic heterocycles. The zero-order valence-electron chi connectivity index (χ0n) is 10.2. The molecule has 0 aliphatic carbocycles. The number of aryl methyl sites for hydroxylation is 1. The van der Waals surface area contributed by atoms with Gasteiger partial charge in [0.2, 0.25) is 0 Å². The van der Waals surface area contributed by atoms with Gasteiger partial charge in [0.15, 0.2) is 0 Å². The number of esters is 1. The molecule has 0 amide bonds. The van der Waals surface area contributed by atoms with Gasteiger partial charge in [-0.1, -0.05) is 0 Å². The summed E-state index contributed by atoms with van der Waals surface area (Å²) in [6, 6.07) is 1.34. The summed E-state index contributed by atoms with van der Waals surface area (Å²) in [4.78, 5) is 11.7. The Labute approximate surface area is 104 Å². The van der Waals surface area contributed by atoms with Crippen LogP contribution in [0.5, 0.6) is 11.5 Å². The fourth-order valence-corrected chi connectivity index (χ4v) is 1.44. The van der Waals surface area contributed by atoms with E-state index in [0.717, 1.165) is 0 Å². The number of aromatic hydroxyl groups is 2. The Bertz CT molecular complexity index is 454. The minimum absolute atomic E-state index is 0.0598. The van der Waals surface area contributed by atoms with Gasteiger partial charge in [-0.05, 0) is 25.5 Å². The molecule has 0 spiro atoms. The predicted octanol–water partition coefficient (Wildman–Crippen LogP) is 0.225. The van der Waals surface area contributed by atoms with E-state index in [4.69, 9.17) is 14.9 Å². The second kappa shape index (κ2) is 5.70. The number of aliphatic hydroxyl groups excluding tert-OH is 2. The number of phenols is 2. The van der Waals surface area contributed by atoms with Crippen molar-refractivity contribution in [3.8, 4) is 11.5 Å². The summed E-state index contributed by atoms with van der Waals surface area (Å²) in [6.45, 7) is 2.11. The Hall–Kier alpha value is -1.79. The van der Waals surface area contributed by atoms with E-state index >= 15 is 0 Å². The van der Waals surface area contributed by atoms with Crippen molar-refractivity contribution in [3.63, 3.8) is 0 Å². The summed E-state index contributed by atoms with van der Waals surface area (Å²) in [5.41, 5.74) is 0.477. The molecular formula is C12H16O6. The zero-order chi connectivity index (χ0) is 13.9. The standard InChI is InChI=1S/C12H16O6/c1-6-3-9(15)7(2)11(16)10(6)12(17)18-5-8(14)4-13/h3,8,13-16H,4-5H2,1-2H3. The van der Waals surface area contributed by atoms with E-state index in [9.17, 15) is 15.0 Å². The van der Waals surface area contributed by atoms with Gasteiger partial charge >= 0.3 is 5.97 Å². The Morgan fingerprint density at radius 3 is 2.56 bits per heavy atom. The highest BCUT2D eigenvalue weighted by atomic mass is 16.5. The number of hydrogen-bond donors (Lipinski definition) is 4. The van der Waals surface area contributed by atoms with Crippen LogP contribution in [0.4, 0.5) is 0 Å². The molecule has 100 valence electrons. The molecule has 0 aliphatic rings. The molecule has 1 unspecified atom stereocenters. The van der Waals surface area contributed by atoms with Crippen molar-refractivity contribution >= 4 is 5.97 Å². The van der Waals surface area contributed by atoms with Crippen LogP contribution in [0.1, 0.15) is 21.5 Å². The molecule has 0 aromatic heterocycles. The summed E-state index contributed by atoms with van der Waals surface area (Å²) in [5.74, 6) is -1.28. The Morgan fingerprint density at radius 2 is 2.00 bits per heavy atom. The largest absolute Gasteiger partial charge is 0.508 e. The van der Waals surface area contributed by atoms with Crippen LogP contribution < -0.4 is 0 Å². The number of phenolic OH excluding ortho intramolecular Hbond substituents is 2. The first-order chi connectivity index (χ1) is 8.38. The molecule has 1 atom stereocenters. The second-order valence-corrected chi connectivity index (χ2v) is 4.00. The van der Waals surface area contributed by atoms with Crippen LogP contribution in [0, 0.1) is 13.8 Å². The molecule has 1 aromatic rings. The monoisotopic (exact) mass is 256 g/mol. The van der Waals surface area contributed by atoms with Crippen LogP contribution in [-0.4, -0.2) is 45.7 Å². The number of carbonyl (C=O) groups is 1. The lowest BCUT2D eigenvalue weighted by molar-refractivity contribution is 0.00906. The van der Waals surface area contributed by atoms with E-state index in [0.29, 0.717) is 5.56 Å². The minimum Gasteiger partial charge on any atom is -0.508 e. The molecule has 1 rings (SSSR count). The van der Waals surface area contributed by atoms with Crippen molar-refractivity contribution in [2.45, 2.75) is 20.0 Å². The summed E-state index contributed by atoms with van der Waals surface area (Å²) in [6.07, 6.45) is -1.16. The lowest BCUT2D eigenvalue weighted by atomic mass is 10.0. The number of benzene rings is 1. The van der Waals surface area contributed by atoms with E-state index in [1.54, 1.807) is 0 Å². The molecule has 0 saturated carbocycles. The predicted molar refractivity (Wildman–Crippen MR) is 62.6 cm³/mol. The maximum Gasteiger partial charge on any atom is 0.342 e. The van der Waals surface area contributed by atoms with Crippen molar-refractivity contribution in [2.75, 3.05) is 13.2 Å². The molecule has 4 N–H and O–H groups in total. The molecule has 0 heterocycles. The second-order valence-electron chi connectivity index (χ2n) is 4.00. The maximum atomic E-state index is 11.7. The van der Waals surface area contributed by atoms with Gasteiger partial charge < -0.3 is 25.2 Å². The fraction of sp³-hybridized carbons (Fsp3) is 0.417. The van der Waals surface area contributed by atoms with E-state index in [1.807, 2.05) is 0 Å². The first kappa shape index (κ1) is 14.3. The summed E-state index contributed by atoms with van der Waals surface area (Å²) < 4.78 is 4.75. The number of hydrogen-bond acceptors (Lipinski definition) is 6. The van der Waals surface area contributed by atoms with Gasteiger partial charge in [0.25, 0.3) is 0 Å². The summed E-state index contributed by atoms with van der Waals surface area (Å²) in [7, 11) is 0. The maximum absolute atomic E-state index is 11.7. The van der Waals surface area contributed by atoms with Gasteiger partial charge in [0, 0.05) is 5.56 Å². The summed E-state index contributed by atoms with van der Waals surface area (Å²) >= 11 is 0. The van der Waals surface area contributed by atoms with E-state index in [2.05, 4.69) is 0 Å². The van der Waals surface area contributed by atoms with Crippen molar-refractivity contribution < 1.29 is 30.0 Å². The van der Waals surface area contributed by atoms with Crippen molar-refractivity contribution in [1.29, 1.82) is 0 Å². The van der Waals surface area contributed by atoms with Crippen LogP contribution in [-0.2, 0) is 4.74 Å². The average Bonchev–Trinajstić information content (AvgIpc) is 2.33. The third-order valence-electron chi connectivity index (χ3n) is 2.55. The number of carbonyl (C=O) groups excluding carboxylic acids is 1. The minimum atomic E-state index is -1.16. The highest BCUT2D eigenvalue weighted by Gasteiger charge is 2.20. The fourth-order valence-electron chi connectivity index (χ4n) is 1.44. The Kier molecular flexibility index (Phi) is 4.52. The topological polar surface area (TPSA) is 107 Å². The van der Waals surface area contributed by atoms with Crippen molar-refractivity contribution in [2.24, 2.45) is 0 Å². The zero-order valence-corrected chi connectivity index (χ0v) is 10.2. The van der Waals surface area contributed by atoms with Gasteiger partial charge in [-0.15, -0.1) is 0 Å². The third kappa shape index (κ3) is 2.91. The first-order valence-electron chi connectivity index (χ1n) is 5.36. The molecule has 0 saturated heterocycles. The van der Waals surface area contributed by atoms with Gasteiger partial charge in [0.05, 0.1) is 6.61 Å². The van der Waals surface area contributed by atoms with E-state index in [-0.39, 0.29) is 29.2 Å². The number of rotatable bonds is 4. The molecule has 0 bridgehead atoms. The average molecular weight is 256 g/mol. The van der Waals surface area contributed by atoms with Gasteiger partial charge in [0.1, 0.15) is 29.8 Å². The van der Waals surface area contributed by atoms with Crippen LogP contribution in [0.15, 0.2) is 6.07 Å². The Morgan fingerprint density at radius 1 is 1.39 bits per heavy atom. The van der Waals surface area contributed by atoms with Crippen LogP contribution in [0.3, 0.4) is 0 Å². The SMILES string of the molecule is Cc1cc(O)c(C)c(O)c1C(=O)OCC(O)CO. The van der Waals surface area contributed by atoms with E-state index in [1.165, 1.54) is 19.9 Å².